The normalized spacial score (nSPS) is 11.6. The van der Waals surface area contributed by atoms with Crippen LogP contribution >= 0.6 is 19.6 Å². The van der Waals surface area contributed by atoms with E-state index in [9.17, 15) is 5.11 Å². The molecule has 0 saturated carbocycles. The lowest BCUT2D eigenvalue weighted by atomic mass is 10.3. The Hall–Kier alpha value is -1.79. The fourth-order valence-corrected chi connectivity index (χ4v) is 6.04. The Morgan fingerprint density at radius 2 is 1.48 bits per heavy atom. The van der Waals surface area contributed by atoms with Crippen molar-refractivity contribution in [2.45, 2.75) is 0 Å². The Labute approximate surface area is 154 Å². The molecule has 0 fully saturated rings. The van der Waals surface area contributed by atoms with Gasteiger partial charge in [0.2, 0.25) is 5.11 Å². The van der Waals surface area contributed by atoms with Crippen LogP contribution in [0.2, 0.25) is 0 Å². The van der Waals surface area contributed by atoms with Crippen molar-refractivity contribution in [1.29, 1.82) is 0 Å². The summed E-state index contributed by atoms with van der Waals surface area (Å²) in [4.78, 5) is 5.96. The first-order valence-corrected chi connectivity index (χ1v) is 9.80. The smallest absolute Gasteiger partial charge is 0.201 e. The van der Waals surface area contributed by atoms with Gasteiger partial charge in [-0.15, -0.1) is 0 Å². The summed E-state index contributed by atoms with van der Waals surface area (Å²) in [6, 6.07) is 10.9. The second-order valence-corrected chi connectivity index (χ2v) is 9.74. The lowest BCUT2D eigenvalue weighted by Gasteiger charge is -2.37. The van der Waals surface area contributed by atoms with Crippen LogP contribution in [0.5, 0.6) is 5.75 Å². The van der Waals surface area contributed by atoms with Crippen molar-refractivity contribution in [3.05, 3.63) is 48.8 Å². The Kier molecular flexibility index (Phi) is 6.30. The predicted octanol–water partition coefficient (Wildman–Crippen LogP) is 2.99. The van der Waals surface area contributed by atoms with Crippen molar-refractivity contribution in [2.24, 2.45) is 4.74 Å². The van der Waals surface area contributed by atoms with Gasteiger partial charge in [-0.2, -0.15) is 0 Å². The molecule has 0 spiro atoms. The van der Waals surface area contributed by atoms with Crippen LogP contribution in [-0.4, -0.2) is 59.8 Å². The highest BCUT2D eigenvalue weighted by Crippen LogP contribution is 2.52. The van der Waals surface area contributed by atoms with Crippen molar-refractivity contribution in [2.75, 3.05) is 40.1 Å². The summed E-state index contributed by atoms with van der Waals surface area (Å²) in [5, 5.41) is 11.0. The van der Waals surface area contributed by atoms with Crippen LogP contribution in [0.1, 0.15) is 0 Å². The highest BCUT2D eigenvalue weighted by molar-refractivity contribution is 7.81. The quantitative estimate of drug-likeness (QED) is 0.653. The standard InChI is InChI=1S/C17H24N5OPS/c1-20(2)24(21(3)4,16-10-12-18-13-11-16)19-17(25)22(5)14-6-8-15(23)9-7-14/h6-13,23H,1-5H3. The summed E-state index contributed by atoms with van der Waals surface area (Å²) >= 11 is 5.63. The predicted molar refractivity (Wildman–Crippen MR) is 110 cm³/mol. The van der Waals surface area contributed by atoms with Crippen molar-refractivity contribution >= 4 is 35.7 Å². The van der Waals surface area contributed by atoms with E-state index in [0.29, 0.717) is 5.11 Å². The summed E-state index contributed by atoms with van der Waals surface area (Å²) in [5.74, 6) is 0.222. The molecule has 2 aromatic rings. The molecule has 1 N–H and O–H groups in total. The fourth-order valence-electron chi connectivity index (χ4n) is 2.57. The van der Waals surface area contributed by atoms with E-state index in [1.54, 1.807) is 24.5 Å². The van der Waals surface area contributed by atoms with Gasteiger partial charge < -0.3 is 10.0 Å². The van der Waals surface area contributed by atoms with Crippen LogP contribution in [-0.2, 0) is 0 Å². The number of aromatic nitrogens is 1. The number of hydrogen-bond donors (Lipinski definition) is 1. The zero-order valence-electron chi connectivity index (χ0n) is 15.2. The third-order valence-corrected chi connectivity index (χ3v) is 8.06. The van der Waals surface area contributed by atoms with E-state index >= 15 is 0 Å². The molecule has 25 heavy (non-hydrogen) atoms. The summed E-state index contributed by atoms with van der Waals surface area (Å²) in [7, 11) is 7.73. The molecule has 0 radical (unpaired) electrons. The van der Waals surface area contributed by atoms with Crippen LogP contribution in [0.25, 0.3) is 0 Å². The number of benzene rings is 1. The van der Waals surface area contributed by atoms with Gasteiger partial charge in [-0.3, -0.25) is 14.3 Å². The molecular formula is C17H24N5OPS. The van der Waals surface area contributed by atoms with Crippen LogP contribution in [0.15, 0.2) is 53.5 Å². The van der Waals surface area contributed by atoms with E-state index in [1.165, 1.54) is 0 Å². The number of pyridine rings is 1. The van der Waals surface area contributed by atoms with E-state index < -0.39 is 7.36 Å². The number of phenols is 1. The molecule has 0 saturated heterocycles. The molecule has 134 valence electrons. The van der Waals surface area contributed by atoms with E-state index in [1.807, 2.05) is 64.4 Å². The molecule has 0 unspecified atom stereocenters. The number of aromatic hydroxyl groups is 1. The number of hydrogen-bond acceptors (Lipinski definition) is 3. The summed E-state index contributed by atoms with van der Waals surface area (Å²) in [5.41, 5.74) is 0.872. The molecular weight excluding hydrogens is 353 g/mol. The second kappa shape index (κ2) is 8.06. The molecule has 0 aliphatic rings. The summed E-state index contributed by atoms with van der Waals surface area (Å²) in [6.07, 6.45) is 3.55. The minimum atomic E-state index is -2.21. The maximum atomic E-state index is 9.47. The van der Waals surface area contributed by atoms with Crippen molar-refractivity contribution in [1.82, 2.24) is 14.3 Å². The maximum absolute atomic E-state index is 9.47. The van der Waals surface area contributed by atoms with Gasteiger partial charge in [0.05, 0.1) is 0 Å². The highest BCUT2D eigenvalue weighted by Gasteiger charge is 2.29. The molecule has 0 amide bonds. The Morgan fingerprint density at radius 1 is 0.960 bits per heavy atom. The van der Waals surface area contributed by atoms with E-state index in [4.69, 9.17) is 17.0 Å². The van der Waals surface area contributed by atoms with Crippen LogP contribution < -0.4 is 10.2 Å². The lowest BCUT2D eigenvalue weighted by molar-refractivity contribution is 0.475. The van der Waals surface area contributed by atoms with E-state index in [2.05, 4.69) is 14.3 Å². The molecule has 0 aliphatic heterocycles. The Bertz CT molecular complexity index is 765. The monoisotopic (exact) mass is 377 g/mol. The topological polar surface area (TPSA) is 55.2 Å². The molecule has 0 atom stereocenters. The first-order valence-electron chi connectivity index (χ1n) is 7.74. The van der Waals surface area contributed by atoms with Crippen LogP contribution in [0.4, 0.5) is 5.69 Å². The molecule has 2 rings (SSSR count). The first-order chi connectivity index (χ1) is 11.8. The first kappa shape index (κ1) is 19.5. The number of thiocarbonyl (C=S) groups is 1. The van der Waals surface area contributed by atoms with Gasteiger partial charge in [0.1, 0.15) is 13.1 Å². The fraction of sp³-hybridized carbons (Fsp3) is 0.294. The zero-order chi connectivity index (χ0) is 18.6. The van der Waals surface area contributed by atoms with Crippen molar-refractivity contribution in [3.63, 3.8) is 0 Å². The van der Waals surface area contributed by atoms with Crippen LogP contribution in [0, 0.1) is 0 Å². The van der Waals surface area contributed by atoms with E-state index in [0.717, 1.165) is 11.0 Å². The van der Waals surface area contributed by atoms with Crippen molar-refractivity contribution in [3.8, 4) is 5.75 Å². The molecule has 1 heterocycles. The van der Waals surface area contributed by atoms with Gasteiger partial charge in [-0.1, -0.05) is 0 Å². The SMILES string of the molecule is CN(C(=S)N=P(c1ccncc1)(N(C)C)N(C)C)c1ccc(O)cc1. The van der Waals surface area contributed by atoms with Gasteiger partial charge in [-0.05, 0) is 76.8 Å². The van der Waals surface area contributed by atoms with Crippen LogP contribution in [0.3, 0.4) is 0 Å². The second-order valence-electron chi connectivity index (χ2n) is 5.93. The number of anilines is 1. The lowest BCUT2D eigenvalue weighted by Crippen LogP contribution is -2.32. The summed E-state index contributed by atoms with van der Waals surface area (Å²) < 4.78 is 9.25. The highest BCUT2D eigenvalue weighted by atomic mass is 32.1. The largest absolute Gasteiger partial charge is 0.508 e. The van der Waals surface area contributed by atoms with Crippen molar-refractivity contribution < 1.29 is 5.11 Å². The maximum Gasteiger partial charge on any atom is 0.201 e. The molecule has 0 aliphatic carbocycles. The van der Waals surface area contributed by atoms with Gasteiger partial charge in [-0.25, -0.2) is 4.74 Å². The Morgan fingerprint density at radius 3 is 1.96 bits per heavy atom. The number of nitrogens with zero attached hydrogens (tertiary/aromatic N) is 5. The summed E-state index contributed by atoms with van der Waals surface area (Å²) in [6.45, 7) is 0. The third-order valence-electron chi connectivity index (χ3n) is 3.87. The number of rotatable bonds is 4. The molecule has 0 bridgehead atoms. The molecule has 6 nitrogen and oxygen atoms in total. The van der Waals surface area contributed by atoms with E-state index in [-0.39, 0.29) is 5.75 Å². The van der Waals surface area contributed by atoms with Gasteiger partial charge in [0.15, 0.2) is 0 Å². The Balaban J connectivity index is 2.53. The van der Waals surface area contributed by atoms with Gasteiger partial charge in [0, 0.05) is 30.4 Å². The third kappa shape index (κ3) is 4.07. The number of phenolic OH excluding ortho intramolecular Hbond substituents is 1. The average Bonchev–Trinajstić information content (AvgIpc) is 2.59. The minimum Gasteiger partial charge on any atom is -0.508 e. The molecule has 1 aromatic carbocycles. The van der Waals surface area contributed by atoms with Gasteiger partial charge in [0.25, 0.3) is 0 Å². The minimum absolute atomic E-state index is 0.222. The zero-order valence-corrected chi connectivity index (χ0v) is 16.9. The molecule has 1 aromatic heterocycles. The van der Waals surface area contributed by atoms with Gasteiger partial charge >= 0.3 is 0 Å². The molecule has 8 heteroatoms. The average molecular weight is 377 g/mol.